The summed E-state index contributed by atoms with van der Waals surface area (Å²) in [6, 6.07) is 15.5. The Labute approximate surface area is 122 Å². The van der Waals surface area contributed by atoms with Crippen molar-refractivity contribution in [3.63, 3.8) is 0 Å². The predicted octanol–water partition coefficient (Wildman–Crippen LogP) is 5.54. The molecule has 3 heteroatoms. The van der Waals surface area contributed by atoms with Gasteiger partial charge in [-0.15, -0.1) is 0 Å². The summed E-state index contributed by atoms with van der Waals surface area (Å²) < 4.78 is 11.5. The van der Waals surface area contributed by atoms with Gasteiger partial charge < -0.3 is 9.15 Å². The second-order valence-electron chi connectivity index (χ2n) is 4.98. The molecule has 0 unspecified atom stereocenters. The van der Waals surface area contributed by atoms with E-state index in [1.807, 2.05) is 62.4 Å². The fourth-order valence-electron chi connectivity index (χ4n) is 2.12. The van der Waals surface area contributed by atoms with Crippen molar-refractivity contribution in [1.29, 1.82) is 0 Å². The van der Waals surface area contributed by atoms with Crippen LogP contribution in [-0.2, 0) is 0 Å². The van der Waals surface area contributed by atoms with Gasteiger partial charge in [0.1, 0.15) is 17.1 Å². The molecule has 0 aliphatic heterocycles. The molecule has 20 heavy (non-hydrogen) atoms. The third-order valence-corrected chi connectivity index (χ3v) is 3.24. The summed E-state index contributed by atoms with van der Waals surface area (Å²) in [7, 11) is 0. The lowest BCUT2D eigenvalue weighted by atomic mass is 10.1. The second-order valence-corrected chi connectivity index (χ2v) is 5.42. The van der Waals surface area contributed by atoms with E-state index in [1.165, 1.54) is 0 Å². The van der Waals surface area contributed by atoms with Crippen LogP contribution in [0.25, 0.3) is 22.3 Å². The Morgan fingerprint density at radius 1 is 1.00 bits per heavy atom. The molecule has 102 valence electrons. The third-order valence-electron chi connectivity index (χ3n) is 2.99. The summed E-state index contributed by atoms with van der Waals surface area (Å²) in [6.45, 7) is 4.03. The number of halogens is 1. The Balaban J connectivity index is 1.99. The second kappa shape index (κ2) is 5.22. The van der Waals surface area contributed by atoms with Gasteiger partial charge >= 0.3 is 0 Å². The smallest absolute Gasteiger partial charge is 0.135 e. The SMILES string of the molecule is CC(C)Oc1ccc2oc(-c3ccc(Cl)cc3)cc2c1. The van der Waals surface area contributed by atoms with Crippen LogP contribution in [0.2, 0.25) is 5.02 Å². The molecule has 3 rings (SSSR count). The molecule has 0 saturated heterocycles. The summed E-state index contributed by atoms with van der Waals surface area (Å²) in [5, 5.41) is 1.76. The highest BCUT2D eigenvalue weighted by atomic mass is 35.5. The fourth-order valence-corrected chi connectivity index (χ4v) is 2.25. The lowest BCUT2D eigenvalue weighted by Crippen LogP contribution is -2.04. The number of furan rings is 1. The summed E-state index contributed by atoms with van der Waals surface area (Å²) >= 11 is 5.90. The van der Waals surface area contributed by atoms with E-state index >= 15 is 0 Å². The molecule has 2 nitrogen and oxygen atoms in total. The Hall–Kier alpha value is -1.93. The van der Waals surface area contributed by atoms with Gasteiger partial charge in [-0.25, -0.2) is 0 Å². The lowest BCUT2D eigenvalue weighted by molar-refractivity contribution is 0.242. The number of hydrogen-bond acceptors (Lipinski definition) is 2. The highest BCUT2D eigenvalue weighted by Crippen LogP contribution is 2.31. The predicted molar refractivity (Wildman–Crippen MR) is 82.4 cm³/mol. The normalized spacial score (nSPS) is 11.2. The van der Waals surface area contributed by atoms with Crippen LogP contribution in [0.3, 0.4) is 0 Å². The van der Waals surface area contributed by atoms with Crippen LogP contribution in [0.15, 0.2) is 52.9 Å². The average molecular weight is 287 g/mol. The van der Waals surface area contributed by atoms with Crippen molar-refractivity contribution in [2.45, 2.75) is 20.0 Å². The van der Waals surface area contributed by atoms with E-state index in [0.717, 1.165) is 33.1 Å². The van der Waals surface area contributed by atoms with Crippen molar-refractivity contribution >= 4 is 22.6 Å². The molecule has 0 atom stereocenters. The largest absolute Gasteiger partial charge is 0.491 e. The molecule has 0 fully saturated rings. The zero-order valence-electron chi connectivity index (χ0n) is 11.4. The maximum absolute atomic E-state index is 5.90. The van der Waals surface area contributed by atoms with Gasteiger partial charge in [0.05, 0.1) is 6.10 Å². The van der Waals surface area contributed by atoms with E-state index in [4.69, 9.17) is 20.8 Å². The van der Waals surface area contributed by atoms with Gasteiger partial charge in [0.25, 0.3) is 0 Å². The van der Waals surface area contributed by atoms with Gasteiger partial charge in [-0.3, -0.25) is 0 Å². The summed E-state index contributed by atoms with van der Waals surface area (Å²) in [6.07, 6.45) is 0.162. The molecule has 0 spiro atoms. The van der Waals surface area contributed by atoms with Crippen molar-refractivity contribution in [3.8, 4) is 17.1 Å². The van der Waals surface area contributed by atoms with E-state index in [1.54, 1.807) is 0 Å². The maximum atomic E-state index is 5.90. The summed E-state index contributed by atoms with van der Waals surface area (Å²) in [5.74, 6) is 1.69. The van der Waals surface area contributed by atoms with Crippen LogP contribution in [-0.4, -0.2) is 6.10 Å². The molecule has 0 N–H and O–H groups in total. The minimum atomic E-state index is 0.162. The Kier molecular flexibility index (Phi) is 3.41. The topological polar surface area (TPSA) is 22.4 Å². The lowest BCUT2D eigenvalue weighted by Gasteiger charge is -2.08. The Morgan fingerprint density at radius 3 is 2.45 bits per heavy atom. The molecule has 3 aromatic rings. The van der Waals surface area contributed by atoms with Crippen LogP contribution in [0.4, 0.5) is 0 Å². The first-order valence-electron chi connectivity index (χ1n) is 6.58. The van der Waals surface area contributed by atoms with E-state index < -0.39 is 0 Å². The number of hydrogen-bond donors (Lipinski definition) is 0. The molecule has 0 aliphatic rings. The van der Waals surface area contributed by atoms with Crippen LogP contribution in [0.1, 0.15) is 13.8 Å². The monoisotopic (exact) mass is 286 g/mol. The molecule has 0 bridgehead atoms. The van der Waals surface area contributed by atoms with Crippen LogP contribution >= 0.6 is 11.6 Å². The highest BCUT2D eigenvalue weighted by molar-refractivity contribution is 6.30. The van der Waals surface area contributed by atoms with Crippen LogP contribution < -0.4 is 4.74 Å². The van der Waals surface area contributed by atoms with Gasteiger partial charge in [0.15, 0.2) is 0 Å². The van der Waals surface area contributed by atoms with E-state index in [0.29, 0.717) is 0 Å². The summed E-state index contributed by atoms with van der Waals surface area (Å²) in [5.41, 5.74) is 1.86. The Bertz CT molecular complexity index is 726. The van der Waals surface area contributed by atoms with Crippen LogP contribution in [0, 0.1) is 0 Å². The van der Waals surface area contributed by atoms with Crippen molar-refractivity contribution in [1.82, 2.24) is 0 Å². The highest BCUT2D eigenvalue weighted by Gasteiger charge is 2.08. The number of fused-ring (bicyclic) bond motifs is 1. The van der Waals surface area contributed by atoms with Crippen LogP contribution in [0.5, 0.6) is 5.75 Å². The maximum Gasteiger partial charge on any atom is 0.135 e. The number of rotatable bonds is 3. The molecule has 0 aliphatic carbocycles. The third kappa shape index (κ3) is 2.66. The number of ether oxygens (including phenoxy) is 1. The van der Waals surface area contributed by atoms with Crippen molar-refractivity contribution in [2.24, 2.45) is 0 Å². The molecular formula is C17H15ClO2. The van der Waals surface area contributed by atoms with Crippen molar-refractivity contribution in [2.75, 3.05) is 0 Å². The number of benzene rings is 2. The zero-order valence-corrected chi connectivity index (χ0v) is 12.1. The molecule has 0 radical (unpaired) electrons. The molecule has 0 saturated carbocycles. The van der Waals surface area contributed by atoms with Gasteiger partial charge in [-0.1, -0.05) is 11.6 Å². The van der Waals surface area contributed by atoms with Gasteiger partial charge in [0, 0.05) is 16.0 Å². The molecule has 1 heterocycles. The van der Waals surface area contributed by atoms with E-state index in [-0.39, 0.29) is 6.10 Å². The van der Waals surface area contributed by atoms with Gasteiger partial charge in [-0.05, 0) is 62.4 Å². The molecule has 0 amide bonds. The molecular weight excluding hydrogens is 272 g/mol. The van der Waals surface area contributed by atoms with E-state index in [9.17, 15) is 0 Å². The van der Waals surface area contributed by atoms with E-state index in [2.05, 4.69) is 0 Å². The minimum absolute atomic E-state index is 0.162. The molecule has 2 aromatic carbocycles. The first-order chi connectivity index (χ1) is 9.61. The first-order valence-corrected chi connectivity index (χ1v) is 6.96. The minimum Gasteiger partial charge on any atom is -0.491 e. The average Bonchev–Trinajstić information content (AvgIpc) is 2.81. The zero-order chi connectivity index (χ0) is 14.1. The van der Waals surface area contributed by atoms with Gasteiger partial charge in [-0.2, -0.15) is 0 Å². The first kappa shape index (κ1) is 13.1. The summed E-state index contributed by atoms with van der Waals surface area (Å²) in [4.78, 5) is 0. The quantitative estimate of drug-likeness (QED) is 0.630. The Morgan fingerprint density at radius 2 is 1.75 bits per heavy atom. The fraction of sp³-hybridized carbons (Fsp3) is 0.176. The molecule has 1 aromatic heterocycles. The van der Waals surface area contributed by atoms with Crippen molar-refractivity contribution < 1.29 is 9.15 Å². The standard InChI is InChI=1S/C17H15ClO2/c1-11(2)19-15-7-8-16-13(9-15)10-17(20-16)12-3-5-14(18)6-4-12/h3-11H,1-2H3. The van der Waals surface area contributed by atoms with Crippen molar-refractivity contribution in [3.05, 3.63) is 53.6 Å². The van der Waals surface area contributed by atoms with Gasteiger partial charge in [0.2, 0.25) is 0 Å².